The Balaban J connectivity index is 3.50. The Morgan fingerprint density at radius 1 is 1.55 bits per heavy atom. The van der Waals surface area contributed by atoms with Gasteiger partial charge in [-0.2, -0.15) is 13.2 Å². The lowest BCUT2D eigenvalue weighted by Gasteiger charge is -2.00. The molecule has 0 saturated heterocycles. The minimum absolute atomic E-state index is 0.402. The second kappa shape index (κ2) is 4.27. The first-order valence-electron chi connectivity index (χ1n) is 2.49. The third kappa shape index (κ3) is 9.35. The van der Waals surface area contributed by atoms with Crippen LogP contribution in [0.25, 0.3) is 0 Å². The van der Waals surface area contributed by atoms with Crippen LogP contribution in [0.15, 0.2) is 11.5 Å². The summed E-state index contributed by atoms with van der Waals surface area (Å²) in [5.41, 5.74) is 0. The Labute approximate surface area is 65.1 Å². The molecular weight excluding hydrogens is 181 g/mol. The lowest BCUT2D eigenvalue weighted by molar-refractivity contribution is -0.131. The number of thioether (sulfide) groups is 1. The molecule has 0 aliphatic carbocycles. The number of carboxylic acid groups (broad SMARTS) is 1. The summed E-state index contributed by atoms with van der Waals surface area (Å²) in [4.78, 5) is 9.74. The van der Waals surface area contributed by atoms with Crippen molar-refractivity contribution in [1.29, 1.82) is 0 Å². The van der Waals surface area contributed by atoms with Gasteiger partial charge in [-0.05, 0) is 5.41 Å². The van der Waals surface area contributed by atoms with Crippen LogP contribution in [0.1, 0.15) is 0 Å². The Morgan fingerprint density at radius 2 is 2.09 bits per heavy atom. The molecule has 0 saturated carbocycles. The summed E-state index contributed by atoms with van der Waals surface area (Å²) in [5.74, 6) is -2.31. The summed E-state index contributed by atoms with van der Waals surface area (Å²) >= 11 is 0.402. The summed E-state index contributed by atoms with van der Waals surface area (Å²) < 4.78 is 34.1. The fourth-order valence-corrected chi connectivity index (χ4v) is 0.747. The van der Waals surface area contributed by atoms with Crippen LogP contribution in [0.2, 0.25) is 0 Å². The Morgan fingerprint density at radius 3 is 2.45 bits per heavy atom. The van der Waals surface area contributed by atoms with E-state index in [1.807, 2.05) is 0 Å². The second-order valence-corrected chi connectivity index (χ2v) is 2.46. The molecule has 0 radical (unpaired) electrons. The highest BCUT2D eigenvalue weighted by atomic mass is 32.2. The average molecular weight is 186 g/mol. The van der Waals surface area contributed by atoms with Crippen LogP contribution >= 0.6 is 11.8 Å². The molecule has 0 heterocycles. The summed E-state index contributed by atoms with van der Waals surface area (Å²) in [5, 5.41) is 8.86. The number of carbonyl (C=O) groups is 1. The van der Waals surface area contributed by atoms with Gasteiger partial charge in [0.2, 0.25) is 0 Å². The lowest BCUT2D eigenvalue weighted by atomic mass is 10.7. The molecule has 11 heavy (non-hydrogen) atoms. The van der Waals surface area contributed by atoms with Crippen molar-refractivity contribution in [2.75, 3.05) is 5.75 Å². The first kappa shape index (κ1) is 10.3. The van der Waals surface area contributed by atoms with E-state index in [4.69, 9.17) is 5.11 Å². The molecule has 1 N–H and O–H groups in total. The van der Waals surface area contributed by atoms with Crippen molar-refractivity contribution >= 4 is 17.7 Å². The SMILES string of the molecule is O=C(O)C=CSCC(F)(F)F. The van der Waals surface area contributed by atoms with E-state index < -0.39 is 17.9 Å². The summed E-state index contributed by atoms with van der Waals surface area (Å²) in [6.45, 7) is 0. The van der Waals surface area contributed by atoms with E-state index in [1.165, 1.54) is 0 Å². The fraction of sp³-hybridized carbons (Fsp3) is 0.400. The van der Waals surface area contributed by atoms with Crippen LogP contribution < -0.4 is 0 Å². The molecule has 0 aromatic carbocycles. The molecule has 0 fully saturated rings. The third-order valence-corrected chi connectivity index (χ3v) is 1.38. The smallest absolute Gasteiger partial charge is 0.398 e. The van der Waals surface area contributed by atoms with Gasteiger partial charge < -0.3 is 5.11 Å². The van der Waals surface area contributed by atoms with E-state index in [-0.39, 0.29) is 0 Å². The van der Waals surface area contributed by atoms with E-state index in [0.717, 1.165) is 5.41 Å². The average Bonchev–Trinajstić information content (AvgIpc) is 1.78. The molecule has 0 aromatic rings. The normalized spacial score (nSPS) is 12.3. The molecule has 6 heteroatoms. The topological polar surface area (TPSA) is 37.3 Å². The summed E-state index contributed by atoms with van der Waals surface area (Å²) in [7, 11) is 0. The molecular formula is C5H5F3O2S. The zero-order valence-electron chi connectivity index (χ0n) is 5.26. The van der Waals surface area contributed by atoms with Gasteiger partial charge in [-0.3, -0.25) is 0 Å². The standard InChI is InChI=1S/C5H5F3O2S/c6-5(7,8)3-11-2-1-4(9)10/h1-2H,3H2,(H,9,10). The Kier molecular flexibility index (Phi) is 4.02. The number of alkyl halides is 3. The third-order valence-electron chi connectivity index (χ3n) is 0.554. The Hall–Kier alpha value is -0.650. The number of carboxylic acids is 1. The van der Waals surface area contributed by atoms with Crippen molar-refractivity contribution in [2.24, 2.45) is 0 Å². The number of rotatable bonds is 3. The predicted molar refractivity (Wildman–Crippen MR) is 35.3 cm³/mol. The van der Waals surface area contributed by atoms with Crippen LogP contribution in [0.5, 0.6) is 0 Å². The zero-order chi connectivity index (χ0) is 8.91. The van der Waals surface area contributed by atoms with Crippen LogP contribution in [0.3, 0.4) is 0 Å². The molecule has 2 nitrogen and oxygen atoms in total. The van der Waals surface area contributed by atoms with Gasteiger partial charge >= 0.3 is 12.1 Å². The monoisotopic (exact) mass is 186 g/mol. The van der Waals surface area contributed by atoms with E-state index in [0.29, 0.717) is 17.8 Å². The molecule has 0 spiro atoms. The van der Waals surface area contributed by atoms with E-state index >= 15 is 0 Å². The number of halogens is 3. The number of hydrogen-bond acceptors (Lipinski definition) is 2. The van der Waals surface area contributed by atoms with Gasteiger partial charge in [0.1, 0.15) is 0 Å². The molecule has 0 aliphatic rings. The van der Waals surface area contributed by atoms with Crippen molar-refractivity contribution in [3.05, 3.63) is 11.5 Å². The van der Waals surface area contributed by atoms with E-state index in [2.05, 4.69) is 0 Å². The highest BCUT2D eigenvalue weighted by Gasteiger charge is 2.26. The van der Waals surface area contributed by atoms with E-state index in [1.54, 1.807) is 0 Å². The fourth-order valence-electron chi connectivity index (χ4n) is 0.249. The minimum atomic E-state index is -4.24. The van der Waals surface area contributed by atoms with Gasteiger partial charge in [0.25, 0.3) is 0 Å². The zero-order valence-corrected chi connectivity index (χ0v) is 6.08. The maximum absolute atomic E-state index is 11.4. The van der Waals surface area contributed by atoms with E-state index in [9.17, 15) is 18.0 Å². The van der Waals surface area contributed by atoms with Crippen molar-refractivity contribution < 1.29 is 23.1 Å². The molecule has 0 amide bonds. The van der Waals surface area contributed by atoms with Crippen molar-refractivity contribution in [3.8, 4) is 0 Å². The van der Waals surface area contributed by atoms with Crippen LogP contribution in [0, 0.1) is 0 Å². The molecule has 0 unspecified atom stereocenters. The maximum Gasteiger partial charge on any atom is 0.398 e. The molecule has 0 aromatic heterocycles. The minimum Gasteiger partial charge on any atom is -0.478 e. The van der Waals surface area contributed by atoms with Crippen LogP contribution in [0.4, 0.5) is 13.2 Å². The molecule has 0 atom stereocenters. The van der Waals surface area contributed by atoms with Crippen LogP contribution in [-0.4, -0.2) is 23.0 Å². The summed E-state index contributed by atoms with van der Waals surface area (Å²) in [6.07, 6.45) is -3.58. The van der Waals surface area contributed by atoms with Gasteiger partial charge in [0, 0.05) is 6.08 Å². The largest absolute Gasteiger partial charge is 0.478 e. The van der Waals surface area contributed by atoms with Crippen molar-refractivity contribution in [3.63, 3.8) is 0 Å². The quantitative estimate of drug-likeness (QED) is 0.684. The van der Waals surface area contributed by atoms with Gasteiger partial charge in [-0.15, -0.1) is 11.8 Å². The van der Waals surface area contributed by atoms with Gasteiger partial charge in [-0.25, -0.2) is 4.79 Å². The van der Waals surface area contributed by atoms with Gasteiger partial charge in [0.05, 0.1) is 5.75 Å². The summed E-state index contributed by atoms with van der Waals surface area (Å²) in [6, 6.07) is 0. The maximum atomic E-state index is 11.4. The van der Waals surface area contributed by atoms with Crippen molar-refractivity contribution in [2.45, 2.75) is 6.18 Å². The lowest BCUT2D eigenvalue weighted by Crippen LogP contribution is -2.09. The highest BCUT2D eigenvalue weighted by molar-refractivity contribution is 8.02. The molecule has 0 bridgehead atoms. The molecule has 0 rings (SSSR count). The second-order valence-electron chi connectivity index (χ2n) is 1.57. The Bertz CT molecular complexity index is 164. The first-order chi connectivity index (χ1) is 4.92. The van der Waals surface area contributed by atoms with Crippen molar-refractivity contribution in [1.82, 2.24) is 0 Å². The predicted octanol–water partition coefficient (Wildman–Crippen LogP) is 1.88. The first-order valence-corrected chi connectivity index (χ1v) is 3.54. The number of aliphatic carboxylic acids is 1. The molecule has 64 valence electrons. The van der Waals surface area contributed by atoms with Crippen LogP contribution in [-0.2, 0) is 4.79 Å². The molecule has 0 aliphatic heterocycles. The highest BCUT2D eigenvalue weighted by Crippen LogP contribution is 2.21. The number of hydrogen-bond donors (Lipinski definition) is 1. The van der Waals surface area contributed by atoms with Gasteiger partial charge in [-0.1, -0.05) is 0 Å². The van der Waals surface area contributed by atoms with Gasteiger partial charge in [0.15, 0.2) is 0 Å².